The molecular weight excluding hydrogens is 304 g/mol. The van der Waals surface area contributed by atoms with Gasteiger partial charge in [-0.3, -0.25) is 9.89 Å². The third-order valence-electron chi connectivity index (χ3n) is 4.85. The molecule has 3 N–H and O–H groups in total. The van der Waals surface area contributed by atoms with Gasteiger partial charge in [0.2, 0.25) is 0 Å². The average Bonchev–Trinajstić information content (AvgIpc) is 3.06. The van der Waals surface area contributed by atoms with Crippen molar-refractivity contribution in [2.45, 2.75) is 26.3 Å². The van der Waals surface area contributed by atoms with Gasteiger partial charge in [0.25, 0.3) is 5.91 Å². The number of aromatic nitrogens is 2. The number of aromatic amines is 1. The maximum Gasteiger partial charge on any atom is 0.257 e. The third-order valence-corrected chi connectivity index (χ3v) is 4.85. The van der Waals surface area contributed by atoms with Crippen molar-refractivity contribution < 1.29 is 9.53 Å². The van der Waals surface area contributed by atoms with Crippen molar-refractivity contribution >= 4 is 5.91 Å². The van der Waals surface area contributed by atoms with Gasteiger partial charge in [-0.2, -0.15) is 5.10 Å². The molecule has 1 aromatic carbocycles. The minimum atomic E-state index is -0.0854. The SMILES string of the molecule is COc1ccc(-c2[nH]ncc2C(=O)N2CCC(N)C(C)(C)C2)cc1. The summed E-state index contributed by atoms with van der Waals surface area (Å²) < 4.78 is 5.18. The fraction of sp³-hybridized carbons (Fsp3) is 0.444. The number of nitrogens with zero attached hydrogens (tertiary/aromatic N) is 2. The van der Waals surface area contributed by atoms with Crippen LogP contribution in [0.4, 0.5) is 0 Å². The van der Waals surface area contributed by atoms with Gasteiger partial charge in [-0.15, -0.1) is 0 Å². The summed E-state index contributed by atoms with van der Waals surface area (Å²) in [5.41, 5.74) is 8.32. The van der Waals surface area contributed by atoms with E-state index in [4.69, 9.17) is 10.5 Å². The standard InChI is InChI=1S/C18H24N4O2/c1-18(2)11-22(9-8-15(18)19)17(23)14-10-20-21-16(14)12-4-6-13(24-3)7-5-12/h4-7,10,15H,8-9,11,19H2,1-3H3,(H,20,21). The van der Waals surface area contributed by atoms with E-state index < -0.39 is 0 Å². The lowest BCUT2D eigenvalue weighted by Gasteiger charge is -2.42. The molecule has 1 aliphatic heterocycles. The molecule has 0 spiro atoms. The van der Waals surface area contributed by atoms with Crippen LogP contribution < -0.4 is 10.5 Å². The van der Waals surface area contributed by atoms with Crippen LogP contribution in [-0.4, -0.2) is 47.2 Å². The van der Waals surface area contributed by atoms with Crippen LogP contribution in [0, 0.1) is 5.41 Å². The summed E-state index contributed by atoms with van der Waals surface area (Å²) in [6, 6.07) is 7.69. The molecule has 1 amide bonds. The number of carbonyl (C=O) groups is 1. The Balaban J connectivity index is 1.85. The molecule has 1 fully saturated rings. The van der Waals surface area contributed by atoms with Crippen LogP contribution in [0.25, 0.3) is 11.3 Å². The first-order chi connectivity index (χ1) is 11.4. The summed E-state index contributed by atoms with van der Waals surface area (Å²) >= 11 is 0. The number of amides is 1. The summed E-state index contributed by atoms with van der Waals surface area (Å²) in [6.07, 6.45) is 2.41. The van der Waals surface area contributed by atoms with Crippen LogP contribution in [0.1, 0.15) is 30.6 Å². The molecule has 1 saturated heterocycles. The molecule has 3 rings (SSSR count). The molecule has 6 nitrogen and oxygen atoms in total. The first-order valence-corrected chi connectivity index (χ1v) is 8.15. The first kappa shape index (κ1) is 16.5. The second-order valence-corrected chi connectivity index (χ2v) is 7.00. The normalized spacial score (nSPS) is 20.0. The maximum atomic E-state index is 13.0. The summed E-state index contributed by atoms with van der Waals surface area (Å²) in [4.78, 5) is 14.8. The number of ether oxygens (including phenoxy) is 1. The van der Waals surface area contributed by atoms with Gasteiger partial charge < -0.3 is 15.4 Å². The number of rotatable bonds is 3. The van der Waals surface area contributed by atoms with E-state index in [2.05, 4.69) is 24.0 Å². The molecule has 0 radical (unpaired) electrons. The lowest BCUT2D eigenvalue weighted by Crippen LogP contribution is -2.54. The first-order valence-electron chi connectivity index (χ1n) is 8.15. The van der Waals surface area contributed by atoms with Crippen molar-refractivity contribution in [1.29, 1.82) is 0 Å². The minimum absolute atomic E-state index is 0.00505. The van der Waals surface area contributed by atoms with Crippen molar-refractivity contribution in [2.75, 3.05) is 20.2 Å². The predicted molar refractivity (Wildman–Crippen MR) is 92.9 cm³/mol. The van der Waals surface area contributed by atoms with Crippen LogP contribution >= 0.6 is 0 Å². The Morgan fingerprint density at radius 1 is 1.38 bits per heavy atom. The second-order valence-electron chi connectivity index (χ2n) is 7.00. The smallest absolute Gasteiger partial charge is 0.257 e. The van der Waals surface area contributed by atoms with Gasteiger partial charge >= 0.3 is 0 Å². The fourth-order valence-corrected chi connectivity index (χ4v) is 3.14. The van der Waals surface area contributed by atoms with E-state index in [9.17, 15) is 4.79 Å². The lowest BCUT2D eigenvalue weighted by molar-refractivity contribution is 0.0534. The molecule has 0 bridgehead atoms. The van der Waals surface area contributed by atoms with Gasteiger partial charge in [-0.25, -0.2) is 0 Å². The molecule has 2 aromatic rings. The zero-order valence-corrected chi connectivity index (χ0v) is 14.4. The van der Waals surface area contributed by atoms with E-state index in [-0.39, 0.29) is 17.4 Å². The van der Waals surface area contributed by atoms with Crippen molar-refractivity contribution in [1.82, 2.24) is 15.1 Å². The molecule has 24 heavy (non-hydrogen) atoms. The Bertz CT molecular complexity index is 721. The number of nitrogens with one attached hydrogen (secondary N) is 1. The van der Waals surface area contributed by atoms with Gasteiger partial charge in [0, 0.05) is 24.7 Å². The van der Waals surface area contributed by atoms with E-state index in [1.807, 2.05) is 29.2 Å². The maximum absolute atomic E-state index is 13.0. The van der Waals surface area contributed by atoms with E-state index >= 15 is 0 Å². The number of hydrogen-bond acceptors (Lipinski definition) is 4. The van der Waals surface area contributed by atoms with Crippen LogP contribution in [0.2, 0.25) is 0 Å². The van der Waals surface area contributed by atoms with Gasteiger partial charge in [0.15, 0.2) is 0 Å². The second kappa shape index (κ2) is 6.28. The Labute approximate surface area is 142 Å². The highest BCUT2D eigenvalue weighted by atomic mass is 16.5. The molecule has 128 valence electrons. The third kappa shape index (κ3) is 3.01. The minimum Gasteiger partial charge on any atom is -0.497 e. The number of piperidine rings is 1. The molecule has 1 aromatic heterocycles. The summed E-state index contributed by atoms with van der Waals surface area (Å²) in [6.45, 7) is 5.55. The van der Waals surface area contributed by atoms with E-state index in [0.717, 1.165) is 23.4 Å². The Morgan fingerprint density at radius 2 is 2.08 bits per heavy atom. The molecule has 0 aliphatic carbocycles. The molecule has 1 aliphatic rings. The average molecular weight is 328 g/mol. The van der Waals surface area contributed by atoms with Crippen molar-refractivity contribution in [3.05, 3.63) is 36.0 Å². The quantitative estimate of drug-likeness (QED) is 0.905. The Hall–Kier alpha value is -2.34. The summed E-state index contributed by atoms with van der Waals surface area (Å²) in [5, 5.41) is 7.03. The van der Waals surface area contributed by atoms with Crippen LogP contribution in [0.5, 0.6) is 5.75 Å². The molecule has 1 unspecified atom stereocenters. The molecule has 0 saturated carbocycles. The topological polar surface area (TPSA) is 84.2 Å². The molecular formula is C18H24N4O2. The van der Waals surface area contributed by atoms with Gasteiger partial charge in [0.1, 0.15) is 5.75 Å². The van der Waals surface area contributed by atoms with E-state index in [0.29, 0.717) is 18.7 Å². The van der Waals surface area contributed by atoms with Crippen LogP contribution in [0.15, 0.2) is 30.5 Å². The summed E-state index contributed by atoms with van der Waals surface area (Å²) in [7, 11) is 1.63. The number of methoxy groups -OCH3 is 1. The van der Waals surface area contributed by atoms with Crippen LogP contribution in [0.3, 0.4) is 0 Å². The molecule has 2 heterocycles. The zero-order valence-electron chi connectivity index (χ0n) is 14.4. The Kier molecular flexibility index (Phi) is 4.32. The Morgan fingerprint density at radius 3 is 2.71 bits per heavy atom. The van der Waals surface area contributed by atoms with Crippen molar-refractivity contribution in [3.8, 4) is 17.0 Å². The number of carbonyl (C=O) groups excluding carboxylic acids is 1. The highest BCUT2D eigenvalue weighted by Gasteiger charge is 2.36. The highest BCUT2D eigenvalue weighted by Crippen LogP contribution is 2.30. The number of benzene rings is 1. The van der Waals surface area contributed by atoms with Gasteiger partial charge in [0.05, 0.1) is 24.6 Å². The number of H-pyrrole nitrogens is 1. The largest absolute Gasteiger partial charge is 0.497 e. The van der Waals surface area contributed by atoms with E-state index in [1.54, 1.807) is 13.3 Å². The van der Waals surface area contributed by atoms with Crippen molar-refractivity contribution in [3.63, 3.8) is 0 Å². The number of nitrogens with two attached hydrogens (primary N) is 1. The number of likely N-dealkylation sites (tertiary alicyclic amines) is 1. The van der Waals surface area contributed by atoms with Crippen molar-refractivity contribution in [2.24, 2.45) is 11.1 Å². The molecule has 6 heteroatoms. The lowest BCUT2D eigenvalue weighted by atomic mass is 9.79. The monoisotopic (exact) mass is 328 g/mol. The van der Waals surface area contributed by atoms with Crippen LogP contribution in [-0.2, 0) is 0 Å². The summed E-state index contributed by atoms with van der Waals surface area (Å²) in [5.74, 6) is 0.771. The predicted octanol–water partition coefficient (Wildman–Crippen LogP) is 2.28. The zero-order chi connectivity index (χ0) is 17.3. The highest BCUT2D eigenvalue weighted by molar-refractivity contribution is 5.99. The van der Waals surface area contributed by atoms with Gasteiger partial charge in [-0.05, 0) is 36.1 Å². The van der Waals surface area contributed by atoms with Gasteiger partial charge in [-0.1, -0.05) is 13.8 Å². The fourth-order valence-electron chi connectivity index (χ4n) is 3.14. The molecule has 1 atom stereocenters. The van der Waals surface area contributed by atoms with E-state index in [1.165, 1.54) is 0 Å². The number of hydrogen-bond donors (Lipinski definition) is 2.